The Morgan fingerprint density at radius 3 is 3.09 bits per heavy atom. The predicted molar refractivity (Wildman–Crippen MR) is 120 cm³/mol. The lowest BCUT2D eigenvalue weighted by Gasteiger charge is -2.31. The number of aromatic nitrogens is 3. The molecule has 0 aromatic carbocycles. The normalized spacial score (nSPS) is 32.8. The van der Waals surface area contributed by atoms with Crippen LogP contribution in [-0.2, 0) is 4.74 Å². The van der Waals surface area contributed by atoms with Crippen molar-refractivity contribution in [2.75, 3.05) is 44.4 Å². The Kier molecular flexibility index (Phi) is 5.19. The minimum Gasteiger partial charge on any atom is -0.461 e. The Morgan fingerprint density at radius 2 is 2.24 bits per heavy atom. The van der Waals surface area contributed by atoms with Gasteiger partial charge in [-0.2, -0.15) is 9.97 Å². The Morgan fingerprint density at radius 1 is 1.36 bits per heavy atom. The zero-order valence-electron chi connectivity index (χ0n) is 18.4. The number of hydrogen-bond donors (Lipinski definition) is 0. The average molecular weight is 478 g/mol. The van der Waals surface area contributed by atoms with Crippen molar-refractivity contribution in [1.29, 1.82) is 0 Å². The van der Waals surface area contributed by atoms with E-state index in [0.29, 0.717) is 62.1 Å². The zero-order valence-corrected chi connectivity index (χ0v) is 19.2. The van der Waals surface area contributed by atoms with Crippen LogP contribution in [-0.4, -0.2) is 70.9 Å². The number of halogens is 3. The minimum absolute atomic E-state index is 0.0987. The van der Waals surface area contributed by atoms with E-state index < -0.39 is 5.82 Å². The molecule has 2 aromatic heterocycles. The first-order valence-corrected chi connectivity index (χ1v) is 11.9. The number of nitrogens with zero attached hydrogens (tertiary/aromatic N) is 5. The van der Waals surface area contributed by atoms with Crippen molar-refractivity contribution in [2.24, 2.45) is 11.8 Å². The topological polar surface area (TPSA) is 63.6 Å². The van der Waals surface area contributed by atoms with Crippen LogP contribution in [0.4, 0.5) is 14.6 Å². The summed E-state index contributed by atoms with van der Waals surface area (Å²) in [6, 6.07) is 0.376. The fourth-order valence-electron chi connectivity index (χ4n) is 6.00. The lowest BCUT2D eigenvalue weighted by atomic mass is 9.94. The van der Waals surface area contributed by atoms with Gasteiger partial charge in [-0.15, -0.1) is 0 Å². The second-order valence-corrected chi connectivity index (χ2v) is 10.1. The van der Waals surface area contributed by atoms with Gasteiger partial charge in [-0.05, 0) is 37.3 Å². The molecule has 0 radical (unpaired) electrons. The monoisotopic (exact) mass is 477 g/mol. The van der Waals surface area contributed by atoms with Crippen molar-refractivity contribution < 1.29 is 18.3 Å². The molecule has 0 spiro atoms. The van der Waals surface area contributed by atoms with Gasteiger partial charge in [-0.1, -0.05) is 18.5 Å². The molecule has 176 valence electrons. The SMILES string of the molecule is CC1[C@@H]2[C@H]1COCCN2c1nc(OCC23CCCN2C/C(=C\F)C3)nc2c(F)c(Cl)ncc12. The van der Waals surface area contributed by atoms with Gasteiger partial charge in [0.25, 0.3) is 0 Å². The van der Waals surface area contributed by atoms with Crippen LogP contribution >= 0.6 is 11.6 Å². The highest BCUT2D eigenvalue weighted by molar-refractivity contribution is 6.30. The molecule has 4 atom stereocenters. The molecule has 4 fully saturated rings. The van der Waals surface area contributed by atoms with Gasteiger partial charge >= 0.3 is 6.01 Å². The molecule has 1 aliphatic carbocycles. The van der Waals surface area contributed by atoms with E-state index >= 15 is 4.39 Å². The summed E-state index contributed by atoms with van der Waals surface area (Å²) in [5.41, 5.74) is 0.611. The standard InChI is InChI=1S/C23H26ClF2N5O2/c1-13-16-11-32-6-5-31(19(13)16)21-15-9-27-20(24)17(26)18(15)28-22(29-21)33-12-23-3-2-4-30(23)10-14(7-23)8-25/h8-9,13,16,19H,2-7,10-12H2,1H3/b14-8-/t13?,16-,19+,23?/m0/s1. The van der Waals surface area contributed by atoms with E-state index in [1.54, 1.807) is 0 Å². The van der Waals surface area contributed by atoms with Gasteiger partial charge in [0.2, 0.25) is 0 Å². The van der Waals surface area contributed by atoms with Crippen LogP contribution in [0.25, 0.3) is 10.9 Å². The molecular formula is C23H26ClF2N5O2. The molecule has 4 aliphatic rings. The van der Waals surface area contributed by atoms with Crippen molar-refractivity contribution in [2.45, 2.75) is 37.8 Å². The fourth-order valence-corrected chi connectivity index (χ4v) is 6.14. The maximum absolute atomic E-state index is 15.0. The summed E-state index contributed by atoms with van der Waals surface area (Å²) >= 11 is 5.98. The minimum atomic E-state index is -0.682. The molecule has 6 rings (SSSR count). The number of anilines is 1. The van der Waals surface area contributed by atoms with E-state index in [-0.39, 0.29) is 28.3 Å². The van der Waals surface area contributed by atoms with Crippen molar-refractivity contribution in [1.82, 2.24) is 19.9 Å². The average Bonchev–Trinajstić information content (AvgIpc) is 3.17. The van der Waals surface area contributed by atoms with Gasteiger partial charge in [0.15, 0.2) is 11.0 Å². The summed E-state index contributed by atoms with van der Waals surface area (Å²) < 4.78 is 40.1. The van der Waals surface area contributed by atoms with Crippen LogP contribution in [0.1, 0.15) is 26.2 Å². The molecule has 7 nitrogen and oxygen atoms in total. The molecule has 3 aliphatic heterocycles. The van der Waals surface area contributed by atoms with Crippen LogP contribution < -0.4 is 9.64 Å². The van der Waals surface area contributed by atoms with E-state index in [9.17, 15) is 4.39 Å². The summed E-state index contributed by atoms with van der Waals surface area (Å²) in [6.07, 6.45) is 4.82. The molecule has 33 heavy (non-hydrogen) atoms. The third kappa shape index (κ3) is 3.47. The van der Waals surface area contributed by atoms with Crippen LogP contribution in [0, 0.1) is 17.7 Å². The largest absolute Gasteiger partial charge is 0.461 e. The highest BCUT2D eigenvalue weighted by Crippen LogP contribution is 2.47. The predicted octanol–water partition coefficient (Wildman–Crippen LogP) is 3.76. The maximum atomic E-state index is 15.0. The summed E-state index contributed by atoms with van der Waals surface area (Å²) in [4.78, 5) is 17.6. The number of hydrogen-bond acceptors (Lipinski definition) is 7. The molecular weight excluding hydrogens is 452 g/mol. The van der Waals surface area contributed by atoms with Gasteiger partial charge in [0, 0.05) is 31.2 Å². The third-order valence-electron chi connectivity index (χ3n) is 7.85. The highest BCUT2D eigenvalue weighted by atomic mass is 35.5. The molecule has 2 unspecified atom stereocenters. The Bertz CT molecular complexity index is 1130. The number of ether oxygens (including phenoxy) is 2. The summed E-state index contributed by atoms with van der Waals surface area (Å²) in [6.45, 7) is 5.98. The lowest BCUT2D eigenvalue weighted by molar-refractivity contribution is 0.108. The fraction of sp³-hybridized carbons (Fsp3) is 0.609. The quantitative estimate of drug-likeness (QED) is 0.621. The Hall–Kier alpha value is -2.10. The third-order valence-corrected chi connectivity index (χ3v) is 8.11. The molecule has 0 N–H and O–H groups in total. The van der Waals surface area contributed by atoms with Gasteiger partial charge in [-0.25, -0.2) is 13.8 Å². The zero-order chi connectivity index (χ0) is 22.7. The van der Waals surface area contributed by atoms with Crippen LogP contribution in [0.15, 0.2) is 18.1 Å². The van der Waals surface area contributed by atoms with Crippen LogP contribution in [0.2, 0.25) is 5.15 Å². The molecule has 10 heteroatoms. The second kappa shape index (κ2) is 7.99. The molecule has 5 heterocycles. The summed E-state index contributed by atoms with van der Waals surface area (Å²) in [5, 5.41) is 0.275. The van der Waals surface area contributed by atoms with E-state index in [1.807, 2.05) is 0 Å². The van der Waals surface area contributed by atoms with Gasteiger partial charge in [-0.3, -0.25) is 4.90 Å². The van der Waals surface area contributed by atoms with E-state index in [4.69, 9.17) is 26.1 Å². The second-order valence-electron chi connectivity index (χ2n) is 9.72. The van der Waals surface area contributed by atoms with Gasteiger partial charge < -0.3 is 14.4 Å². The van der Waals surface area contributed by atoms with Crippen molar-refractivity contribution in [3.05, 3.63) is 29.1 Å². The molecule has 0 bridgehead atoms. The Labute approximate surface area is 195 Å². The summed E-state index contributed by atoms with van der Waals surface area (Å²) in [5.74, 6) is 0.792. The first kappa shape index (κ1) is 21.4. The summed E-state index contributed by atoms with van der Waals surface area (Å²) in [7, 11) is 0. The molecule has 2 aromatic rings. The van der Waals surface area contributed by atoms with E-state index in [0.717, 1.165) is 31.6 Å². The van der Waals surface area contributed by atoms with Gasteiger partial charge in [0.05, 0.1) is 30.5 Å². The van der Waals surface area contributed by atoms with E-state index in [2.05, 4.69) is 26.7 Å². The Balaban J connectivity index is 1.37. The van der Waals surface area contributed by atoms with Crippen molar-refractivity contribution >= 4 is 28.3 Å². The smallest absolute Gasteiger partial charge is 0.319 e. The molecule has 1 saturated carbocycles. The molecule has 0 amide bonds. The number of fused-ring (bicyclic) bond motifs is 3. The maximum Gasteiger partial charge on any atom is 0.319 e. The van der Waals surface area contributed by atoms with Crippen LogP contribution in [0.5, 0.6) is 6.01 Å². The number of rotatable bonds is 4. The molecule has 3 saturated heterocycles. The first-order valence-electron chi connectivity index (χ1n) is 11.5. The number of pyridine rings is 1. The first-order chi connectivity index (χ1) is 16.0. The van der Waals surface area contributed by atoms with Gasteiger partial charge in [0.1, 0.15) is 17.9 Å². The van der Waals surface area contributed by atoms with E-state index in [1.165, 1.54) is 6.20 Å². The van der Waals surface area contributed by atoms with Crippen LogP contribution in [0.3, 0.4) is 0 Å². The van der Waals surface area contributed by atoms with Crippen molar-refractivity contribution in [3.63, 3.8) is 0 Å². The highest BCUT2D eigenvalue weighted by Gasteiger charge is 2.52. The van der Waals surface area contributed by atoms with Crippen molar-refractivity contribution in [3.8, 4) is 6.01 Å². The lowest BCUT2D eigenvalue weighted by Crippen LogP contribution is -2.43.